The second-order valence-corrected chi connectivity index (χ2v) is 3.94. The van der Waals surface area contributed by atoms with E-state index in [1.165, 1.54) is 0 Å². The van der Waals surface area contributed by atoms with Crippen LogP contribution in [0.2, 0.25) is 0 Å². The standard InChI is InChI=1S/C14H19NO2/c1-3-10-17-14-7-5-6-13-12(14)8-9-15(13)11-16-4-2/h5-9H,3-4,10-11H2,1-2H3. The van der Waals surface area contributed by atoms with Crippen molar-refractivity contribution in [2.45, 2.75) is 27.0 Å². The highest BCUT2D eigenvalue weighted by molar-refractivity contribution is 5.86. The molecule has 0 unspecified atom stereocenters. The molecule has 1 aromatic carbocycles. The molecule has 0 aliphatic carbocycles. The zero-order valence-corrected chi connectivity index (χ0v) is 10.5. The first kappa shape index (κ1) is 12.0. The van der Waals surface area contributed by atoms with Gasteiger partial charge in [0.15, 0.2) is 0 Å². The average Bonchev–Trinajstić information content (AvgIpc) is 2.77. The Hall–Kier alpha value is -1.48. The van der Waals surface area contributed by atoms with E-state index in [1.807, 2.05) is 25.3 Å². The van der Waals surface area contributed by atoms with Crippen LogP contribution < -0.4 is 4.74 Å². The van der Waals surface area contributed by atoms with Crippen molar-refractivity contribution in [3.05, 3.63) is 30.5 Å². The predicted molar refractivity (Wildman–Crippen MR) is 69.4 cm³/mol. The second-order valence-electron chi connectivity index (χ2n) is 3.94. The fourth-order valence-corrected chi connectivity index (χ4v) is 1.84. The lowest BCUT2D eigenvalue weighted by molar-refractivity contribution is 0.0909. The molecule has 2 aromatic rings. The van der Waals surface area contributed by atoms with E-state index in [9.17, 15) is 0 Å². The Morgan fingerprint density at radius 1 is 1.18 bits per heavy atom. The average molecular weight is 233 g/mol. The molecule has 0 spiro atoms. The highest BCUT2D eigenvalue weighted by Crippen LogP contribution is 2.26. The van der Waals surface area contributed by atoms with Crippen LogP contribution in [0.5, 0.6) is 5.75 Å². The lowest BCUT2D eigenvalue weighted by atomic mass is 10.2. The van der Waals surface area contributed by atoms with E-state index in [1.54, 1.807) is 0 Å². The predicted octanol–water partition coefficient (Wildman–Crippen LogP) is 3.42. The van der Waals surface area contributed by atoms with Crippen molar-refractivity contribution in [1.29, 1.82) is 0 Å². The molecule has 0 N–H and O–H groups in total. The topological polar surface area (TPSA) is 23.4 Å². The summed E-state index contributed by atoms with van der Waals surface area (Å²) in [6, 6.07) is 8.21. The molecule has 0 atom stereocenters. The molecule has 0 bridgehead atoms. The smallest absolute Gasteiger partial charge is 0.128 e. The molecule has 1 aromatic heterocycles. The lowest BCUT2D eigenvalue weighted by Gasteiger charge is -2.08. The van der Waals surface area contributed by atoms with E-state index in [-0.39, 0.29) is 0 Å². The maximum atomic E-state index is 5.73. The van der Waals surface area contributed by atoms with Gasteiger partial charge in [0, 0.05) is 18.2 Å². The minimum Gasteiger partial charge on any atom is -0.493 e. The minimum absolute atomic E-state index is 0.594. The summed E-state index contributed by atoms with van der Waals surface area (Å²) in [5.41, 5.74) is 1.16. The number of nitrogens with zero attached hydrogens (tertiary/aromatic N) is 1. The summed E-state index contributed by atoms with van der Waals surface area (Å²) in [7, 11) is 0. The molecule has 92 valence electrons. The Morgan fingerprint density at radius 3 is 2.82 bits per heavy atom. The first-order valence-electron chi connectivity index (χ1n) is 6.15. The van der Waals surface area contributed by atoms with E-state index in [0.29, 0.717) is 6.73 Å². The molecule has 0 aliphatic heterocycles. The van der Waals surface area contributed by atoms with Crippen LogP contribution in [-0.4, -0.2) is 17.8 Å². The highest BCUT2D eigenvalue weighted by atomic mass is 16.5. The van der Waals surface area contributed by atoms with E-state index >= 15 is 0 Å². The Bertz CT molecular complexity index is 476. The number of benzene rings is 1. The Kier molecular flexibility index (Phi) is 4.04. The minimum atomic E-state index is 0.594. The number of ether oxygens (including phenoxy) is 2. The first-order chi connectivity index (χ1) is 8.36. The molecule has 0 saturated carbocycles. The highest BCUT2D eigenvalue weighted by Gasteiger charge is 2.05. The number of fused-ring (bicyclic) bond motifs is 1. The van der Waals surface area contributed by atoms with Crippen molar-refractivity contribution >= 4 is 10.9 Å². The van der Waals surface area contributed by atoms with Crippen molar-refractivity contribution in [3.8, 4) is 5.75 Å². The Morgan fingerprint density at radius 2 is 2.06 bits per heavy atom. The van der Waals surface area contributed by atoms with E-state index < -0.39 is 0 Å². The largest absolute Gasteiger partial charge is 0.493 e. The summed E-state index contributed by atoms with van der Waals surface area (Å²) in [6.45, 7) is 6.20. The number of aromatic nitrogens is 1. The summed E-state index contributed by atoms with van der Waals surface area (Å²) in [4.78, 5) is 0. The van der Waals surface area contributed by atoms with Gasteiger partial charge in [-0.05, 0) is 31.5 Å². The third-order valence-corrected chi connectivity index (χ3v) is 2.67. The van der Waals surface area contributed by atoms with Crippen molar-refractivity contribution in [1.82, 2.24) is 4.57 Å². The van der Waals surface area contributed by atoms with E-state index in [4.69, 9.17) is 9.47 Å². The van der Waals surface area contributed by atoms with Gasteiger partial charge < -0.3 is 14.0 Å². The quantitative estimate of drug-likeness (QED) is 0.763. The van der Waals surface area contributed by atoms with Crippen molar-refractivity contribution in [2.75, 3.05) is 13.2 Å². The summed E-state index contributed by atoms with van der Waals surface area (Å²) in [6.07, 6.45) is 3.06. The number of hydrogen-bond acceptors (Lipinski definition) is 2. The van der Waals surface area contributed by atoms with Crippen LogP contribution in [0.1, 0.15) is 20.3 Å². The van der Waals surface area contributed by atoms with Gasteiger partial charge in [0.25, 0.3) is 0 Å². The van der Waals surface area contributed by atoms with Crippen LogP contribution in [0.3, 0.4) is 0 Å². The van der Waals surface area contributed by atoms with E-state index in [0.717, 1.165) is 36.3 Å². The molecule has 0 fully saturated rings. The van der Waals surface area contributed by atoms with Crippen LogP contribution >= 0.6 is 0 Å². The molecule has 0 aliphatic rings. The van der Waals surface area contributed by atoms with Crippen LogP contribution in [0.25, 0.3) is 10.9 Å². The normalized spacial score (nSPS) is 10.9. The molecule has 3 heteroatoms. The zero-order valence-electron chi connectivity index (χ0n) is 10.5. The SMILES string of the molecule is CCCOc1cccc2c1ccn2COCC. The molecular formula is C14H19NO2. The van der Waals surface area contributed by atoms with Gasteiger partial charge in [-0.1, -0.05) is 13.0 Å². The van der Waals surface area contributed by atoms with Gasteiger partial charge in [-0.15, -0.1) is 0 Å². The molecule has 0 radical (unpaired) electrons. The van der Waals surface area contributed by atoms with Crippen molar-refractivity contribution in [3.63, 3.8) is 0 Å². The fraction of sp³-hybridized carbons (Fsp3) is 0.429. The molecule has 17 heavy (non-hydrogen) atoms. The van der Waals surface area contributed by atoms with Gasteiger partial charge in [-0.3, -0.25) is 0 Å². The zero-order chi connectivity index (χ0) is 12.1. The van der Waals surface area contributed by atoms with Crippen molar-refractivity contribution in [2.24, 2.45) is 0 Å². The lowest BCUT2D eigenvalue weighted by Crippen LogP contribution is -2.00. The Balaban J connectivity index is 2.28. The molecular weight excluding hydrogens is 214 g/mol. The first-order valence-corrected chi connectivity index (χ1v) is 6.15. The Labute approximate surface area is 102 Å². The maximum absolute atomic E-state index is 5.73. The van der Waals surface area contributed by atoms with E-state index in [2.05, 4.69) is 23.6 Å². The third-order valence-electron chi connectivity index (χ3n) is 2.67. The van der Waals surface area contributed by atoms with Crippen molar-refractivity contribution < 1.29 is 9.47 Å². The molecule has 3 nitrogen and oxygen atoms in total. The molecule has 0 saturated heterocycles. The van der Waals surface area contributed by atoms with Crippen LogP contribution in [-0.2, 0) is 11.5 Å². The second kappa shape index (κ2) is 5.73. The monoisotopic (exact) mass is 233 g/mol. The summed E-state index contributed by atoms with van der Waals surface area (Å²) in [5.74, 6) is 0.958. The fourth-order valence-electron chi connectivity index (χ4n) is 1.84. The summed E-state index contributed by atoms with van der Waals surface area (Å²) >= 11 is 0. The molecule has 2 rings (SSSR count). The van der Waals surface area contributed by atoms with Crippen LogP contribution in [0, 0.1) is 0 Å². The number of rotatable bonds is 6. The summed E-state index contributed by atoms with van der Waals surface area (Å²) < 4.78 is 13.3. The number of hydrogen-bond donors (Lipinski definition) is 0. The van der Waals surface area contributed by atoms with Gasteiger partial charge in [0.05, 0.1) is 12.1 Å². The third kappa shape index (κ3) is 2.61. The maximum Gasteiger partial charge on any atom is 0.128 e. The molecule has 1 heterocycles. The summed E-state index contributed by atoms with van der Waals surface area (Å²) in [5, 5.41) is 1.15. The van der Waals surface area contributed by atoms with Crippen LogP contribution in [0.4, 0.5) is 0 Å². The van der Waals surface area contributed by atoms with Gasteiger partial charge in [0.2, 0.25) is 0 Å². The van der Waals surface area contributed by atoms with Gasteiger partial charge in [-0.25, -0.2) is 0 Å². The van der Waals surface area contributed by atoms with Gasteiger partial charge in [0.1, 0.15) is 12.5 Å². The van der Waals surface area contributed by atoms with Gasteiger partial charge in [-0.2, -0.15) is 0 Å². The van der Waals surface area contributed by atoms with Gasteiger partial charge >= 0.3 is 0 Å². The molecule has 0 amide bonds. The van der Waals surface area contributed by atoms with Crippen LogP contribution in [0.15, 0.2) is 30.5 Å².